The van der Waals surface area contributed by atoms with Gasteiger partial charge in [0.2, 0.25) is 0 Å². The van der Waals surface area contributed by atoms with Crippen molar-refractivity contribution >= 4 is 12.2 Å². The first-order chi connectivity index (χ1) is 13.0. The van der Waals surface area contributed by atoms with Crippen molar-refractivity contribution in [1.82, 2.24) is 0 Å². The molecule has 27 heavy (non-hydrogen) atoms. The Labute approximate surface area is 162 Å². The Balaban J connectivity index is 1.67. The van der Waals surface area contributed by atoms with Gasteiger partial charge in [-0.2, -0.15) is 0 Å². The summed E-state index contributed by atoms with van der Waals surface area (Å²) in [4.78, 5) is 0. The smallest absolute Gasteiger partial charge is 0.184 e. The number of pyridine rings is 1. The molecular weight excluding hydrogens is 338 g/mol. The predicted molar refractivity (Wildman–Crippen MR) is 107 cm³/mol. The van der Waals surface area contributed by atoms with Crippen LogP contribution in [0.2, 0.25) is 0 Å². The molecule has 2 aromatic rings. The normalized spacial score (nSPS) is 24.2. The molecule has 0 saturated carbocycles. The fraction of sp³-hybridized carbons (Fsp3) is 0.435. The highest BCUT2D eigenvalue weighted by atomic mass is 16.7. The van der Waals surface area contributed by atoms with Gasteiger partial charge in [-0.3, -0.25) is 0 Å². The second-order valence-electron chi connectivity index (χ2n) is 7.37. The zero-order chi connectivity index (χ0) is 19.2. The van der Waals surface area contributed by atoms with Gasteiger partial charge in [0.15, 0.2) is 18.7 Å². The zero-order valence-electron chi connectivity index (χ0n) is 16.4. The van der Waals surface area contributed by atoms with Gasteiger partial charge in [-0.05, 0) is 30.9 Å². The third-order valence-electron chi connectivity index (χ3n) is 4.90. The molecular formula is C23H30NO3+. The van der Waals surface area contributed by atoms with Crippen molar-refractivity contribution in [3.8, 4) is 0 Å². The molecule has 0 amide bonds. The topological polar surface area (TPSA) is 42.6 Å². The number of aliphatic hydroxyl groups excluding tert-OH is 1. The maximum absolute atomic E-state index is 9.70. The Bertz CT molecular complexity index is 737. The van der Waals surface area contributed by atoms with Gasteiger partial charge >= 0.3 is 0 Å². The molecule has 1 aromatic heterocycles. The number of benzene rings is 1. The van der Waals surface area contributed by atoms with E-state index in [0.29, 0.717) is 6.42 Å². The van der Waals surface area contributed by atoms with E-state index < -0.39 is 0 Å². The molecule has 0 spiro atoms. The Morgan fingerprint density at radius 1 is 1.04 bits per heavy atom. The molecule has 0 aliphatic carbocycles. The summed E-state index contributed by atoms with van der Waals surface area (Å²) in [6, 6.07) is 12.5. The molecule has 4 atom stereocenters. The van der Waals surface area contributed by atoms with E-state index in [1.54, 1.807) is 0 Å². The number of aryl methyl sites for hydroxylation is 1. The zero-order valence-corrected chi connectivity index (χ0v) is 16.4. The molecule has 4 heteroatoms. The van der Waals surface area contributed by atoms with E-state index in [-0.39, 0.29) is 24.6 Å². The molecule has 144 valence electrons. The summed E-state index contributed by atoms with van der Waals surface area (Å²) in [6.45, 7) is 3.94. The second-order valence-corrected chi connectivity index (χ2v) is 7.37. The van der Waals surface area contributed by atoms with Crippen LogP contribution in [0.15, 0.2) is 48.8 Å². The first-order valence-corrected chi connectivity index (χ1v) is 9.76. The summed E-state index contributed by atoms with van der Waals surface area (Å²) >= 11 is 0. The van der Waals surface area contributed by atoms with Gasteiger partial charge in [-0.15, -0.1) is 0 Å². The van der Waals surface area contributed by atoms with Crippen LogP contribution in [0.4, 0.5) is 0 Å². The Hall–Kier alpha value is -2.01. The van der Waals surface area contributed by atoms with Gasteiger partial charge in [-0.1, -0.05) is 43.3 Å². The molecule has 1 aliphatic heterocycles. The highest BCUT2D eigenvalue weighted by molar-refractivity contribution is 5.69. The quantitative estimate of drug-likeness (QED) is 0.783. The van der Waals surface area contributed by atoms with E-state index in [1.165, 1.54) is 5.56 Å². The number of aliphatic hydroxyl groups is 1. The number of hydrogen-bond donors (Lipinski definition) is 1. The maximum Gasteiger partial charge on any atom is 0.184 e. The summed E-state index contributed by atoms with van der Waals surface area (Å²) in [7, 11) is 2.01. The lowest BCUT2D eigenvalue weighted by Crippen LogP contribution is -2.35. The van der Waals surface area contributed by atoms with Crippen molar-refractivity contribution in [2.45, 2.75) is 57.7 Å². The largest absolute Gasteiger partial charge is 0.393 e. The van der Waals surface area contributed by atoms with Gasteiger partial charge in [-0.25, -0.2) is 4.57 Å². The van der Waals surface area contributed by atoms with Gasteiger partial charge in [0.05, 0.1) is 18.3 Å². The van der Waals surface area contributed by atoms with Crippen LogP contribution in [0.5, 0.6) is 0 Å². The molecule has 3 rings (SSSR count). The maximum atomic E-state index is 9.70. The van der Waals surface area contributed by atoms with Crippen LogP contribution >= 0.6 is 0 Å². The lowest BCUT2D eigenvalue weighted by atomic mass is 10.0. The predicted octanol–water partition coefficient (Wildman–Crippen LogP) is 4.04. The van der Waals surface area contributed by atoms with E-state index in [1.807, 2.05) is 30.9 Å². The van der Waals surface area contributed by atoms with E-state index in [0.717, 1.165) is 24.0 Å². The van der Waals surface area contributed by atoms with Crippen molar-refractivity contribution in [3.05, 3.63) is 65.5 Å². The van der Waals surface area contributed by atoms with Crippen LogP contribution in [0.25, 0.3) is 12.2 Å². The number of aromatic nitrogens is 1. The number of rotatable bonds is 6. The Morgan fingerprint density at radius 2 is 1.63 bits per heavy atom. The van der Waals surface area contributed by atoms with Gasteiger partial charge in [0.1, 0.15) is 7.05 Å². The summed E-state index contributed by atoms with van der Waals surface area (Å²) in [5, 5.41) is 9.70. The second kappa shape index (κ2) is 9.27. The SMILES string of the molecule is CCC1CC(CC(C)O)OC(c2ccc(/C=C\c3cc[n+](C)cc3)cc2)O1. The minimum Gasteiger partial charge on any atom is -0.393 e. The minimum atomic E-state index is -0.362. The lowest BCUT2D eigenvalue weighted by Gasteiger charge is -2.36. The average Bonchev–Trinajstić information content (AvgIpc) is 2.67. The first kappa shape index (κ1) is 19.7. The molecule has 0 radical (unpaired) electrons. The van der Waals surface area contributed by atoms with Crippen LogP contribution in [0, 0.1) is 0 Å². The summed E-state index contributed by atoms with van der Waals surface area (Å²) < 4.78 is 14.2. The van der Waals surface area contributed by atoms with Crippen LogP contribution < -0.4 is 4.57 Å². The molecule has 1 N–H and O–H groups in total. The van der Waals surface area contributed by atoms with Crippen molar-refractivity contribution in [2.75, 3.05) is 0 Å². The van der Waals surface area contributed by atoms with Crippen LogP contribution in [-0.4, -0.2) is 23.4 Å². The van der Waals surface area contributed by atoms with Crippen molar-refractivity contribution in [3.63, 3.8) is 0 Å². The monoisotopic (exact) mass is 368 g/mol. The third kappa shape index (κ3) is 5.73. The molecule has 2 heterocycles. The summed E-state index contributed by atoms with van der Waals surface area (Å²) in [5.41, 5.74) is 3.32. The third-order valence-corrected chi connectivity index (χ3v) is 4.90. The van der Waals surface area contributed by atoms with E-state index in [4.69, 9.17) is 9.47 Å². The number of hydrogen-bond acceptors (Lipinski definition) is 3. The molecule has 4 unspecified atom stereocenters. The molecule has 4 nitrogen and oxygen atoms in total. The van der Waals surface area contributed by atoms with E-state index in [2.05, 4.69) is 55.5 Å². The molecule has 0 bridgehead atoms. The fourth-order valence-electron chi connectivity index (χ4n) is 3.32. The summed E-state index contributed by atoms with van der Waals surface area (Å²) in [6.07, 6.45) is 10.2. The van der Waals surface area contributed by atoms with Crippen LogP contribution in [-0.2, 0) is 16.5 Å². The summed E-state index contributed by atoms with van der Waals surface area (Å²) in [5.74, 6) is 0. The van der Waals surface area contributed by atoms with Crippen molar-refractivity contribution in [2.24, 2.45) is 7.05 Å². The lowest BCUT2D eigenvalue weighted by molar-refractivity contribution is -0.671. The highest BCUT2D eigenvalue weighted by Crippen LogP contribution is 2.33. The van der Waals surface area contributed by atoms with E-state index >= 15 is 0 Å². The Kier molecular flexibility index (Phi) is 6.78. The number of nitrogens with zero attached hydrogens (tertiary/aromatic N) is 1. The van der Waals surface area contributed by atoms with Crippen molar-refractivity contribution in [1.29, 1.82) is 0 Å². The first-order valence-electron chi connectivity index (χ1n) is 9.76. The van der Waals surface area contributed by atoms with Crippen LogP contribution in [0.1, 0.15) is 56.1 Å². The number of ether oxygens (including phenoxy) is 2. The average molecular weight is 368 g/mol. The molecule has 1 aliphatic rings. The fourth-order valence-corrected chi connectivity index (χ4v) is 3.32. The van der Waals surface area contributed by atoms with Crippen LogP contribution in [0.3, 0.4) is 0 Å². The minimum absolute atomic E-state index is 0.0349. The van der Waals surface area contributed by atoms with Crippen molar-refractivity contribution < 1.29 is 19.1 Å². The van der Waals surface area contributed by atoms with Gasteiger partial charge in [0.25, 0.3) is 0 Å². The molecule has 1 aromatic carbocycles. The molecule has 1 fully saturated rings. The molecule has 1 saturated heterocycles. The standard InChI is InChI=1S/C23H30NO3/c1-4-21-16-22(15-17(2)25)27-23(26-21)20-9-7-18(8-10-20)5-6-19-11-13-24(3)14-12-19/h5-14,17,21-23,25H,4,15-16H2,1-3H3/q+1/b6-5-. The van der Waals surface area contributed by atoms with Gasteiger partial charge in [0, 0.05) is 24.1 Å². The van der Waals surface area contributed by atoms with Gasteiger partial charge < -0.3 is 14.6 Å². The van der Waals surface area contributed by atoms with E-state index in [9.17, 15) is 5.11 Å². The Morgan fingerprint density at radius 3 is 2.22 bits per heavy atom. The highest BCUT2D eigenvalue weighted by Gasteiger charge is 2.30.